The van der Waals surface area contributed by atoms with Gasteiger partial charge in [0.15, 0.2) is 0 Å². The predicted molar refractivity (Wildman–Crippen MR) is 59.6 cm³/mol. The van der Waals surface area contributed by atoms with Crippen LogP contribution in [0.25, 0.3) is 0 Å². The summed E-state index contributed by atoms with van der Waals surface area (Å²) in [5.74, 6) is -0.971. The summed E-state index contributed by atoms with van der Waals surface area (Å²) >= 11 is 1.14. The molecule has 0 saturated carbocycles. The highest BCUT2D eigenvalue weighted by molar-refractivity contribution is 8.04. The number of rotatable bonds is 2. The van der Waals surface area contributed by atoms with E-state index in [2.05, 4.69) is 5.32 Å². The third-order valence-electron chi connectivity index (χ3n) is 2.01. The molecule has 4 nitrogen and oxygen atoms in total. The summed E-state index contributed by atoms with van der Waals surface area (Å²) in [5.41, 5.74) is 0.727. The molecule has 1 aliphatic heterocycles. The first-order chi connectivity index (χ1) is 7.72. The molecular formula is C11H10NO3S-. The van der Waals surface area contributed by atoms with Gasteiger partial charge in [0.1, 0.15) is 0 Å². The zero-order valence-corrected chi connectivity index (χ0v) is 9.47. The van der Waals surface area contributed by atoms with Gasteiger partial charge >= 0.3 is 0 Å². The van der Waals surface area contributed by atoms with Crippen LogP contribution >= 0.6 is 11.8 Å². The summed E-state index contributed by atoms with van der Waals surface area (Å²) in [6, 6.07) is 7.32. The Balaban J connectivity index is 2.35. The van der Waals surface area contributed by atoms with E-state index < -0.39 is 11.9 Å². The number of amides is 1. The van der Waals surface area contributed by atoms with Gasteiger partial charge < -0.3 is 15.2 Å². The van der Waals surface area contributed by atoms with Gasteiger partial charge in [-0.1, -0.05) is 30.8 Å². The molecule has 1 aromatic rings. The number of anilines is 1. The topological polar surface area (TPSA) is 61.4 Å². The van der Waals surface area contributed by atoms with Crippen molar-refractivity contribution in [3.8, 4) is 0 Å². The number of carbonyl (C=O) groups excluding carboxylic acids is 1. The lowest BCUT2D eigenvalue weighted by molar-refractivity contribution is -0.357. The first-order valence-electron chi connectivity index (χ1n) is 4.84. The second-order valence-electron chi connectivity index (χ2n) is 3.10. The predicted octanol–water partition coefficient (Wildman–Crippen LogP) is 1.30. The molecule has 0 bridgehead atoms. The van der Waals surface area contributed by atoms with Crippen molar-refractivity contribution in [2.24, 2.45) is 0 Å². The maximum absolute atomic E-state index is 11.6. The molecule has 1 aliphatic rings. The summed E-state index contributed by atoms with van der Waals surface area (Å²) in [4.78, 5) is 12.5. The van der Waals surface area contributed by atoms with E-state index in [1.54, 1.807) is 13.0 Å². The van der Waals surface area contributed by atoms with Gasteiger partial charge in [0.05, 0.1) is 16.5 Å². The fourth-order valence-electron chi connectivity index (χ4n) is 1.33. The van der Waals surface area contributed by atoms with Crippen LogP contribution < -0.4 is 10.4 Å². The molecule has 1 heterocycles. The van der Waals surface area contributed by atoms with Crippen molar-refractivity contribution >= 4 is 23.4 Å². The molecule has 0 radical (unpaired) electrons. The second kappa shape index (κ2) is 4.49. The molecule has 5 heteroatoms. The second-order valence-corrected chi connectivity index (χ2v) is 4.15. The molecule has 1 N–H and O–H groups in total. The van der Waals surface area contributed by atoms with Crippen LogP contribution in [0.3, 0.4) is 0 Å². The van der Waals surface area contributed by atoms with Crippen molar-refractivity contribution in [3.05, 3.63) is 35.1 Å². The highest BCUT2D eigenvalue weighted by Crippen LogP contribution is 2.38. The number of para-hydroxylation sites is 1. The van der Waals surface area contributed by atoms with Crippen molar-refractivity contribution in [1.29, 1.82) is 0 Å². The third-order valence-corrected chi connectivity index (χ3v) is 3.15. The maximum atomic E-state index is 11.6. The Hall–Kier alpha value is -1.62. The van der Waals surface area contributed by atoms with E-state index in [4.69, 9.17) is 4.74 Å². The van der Waals surface area contributed by atoms with Gasteiger partial charge in [0.25, 0.3) is 5.91 Å². The summed E-state index contributed by atoms with van der Waals surface area (Å²) in [7, 11) is 0. The Morgan fingerprint density at radius 3 is 3.00 bits per heavy atom. The number of ether oxygens (including phenoxy) is 1. The number of fused-ring (bicyclic) bond motifs is 1. The normalized spacial score (nSPS) is 17.4. The SMILES string of the molecule is CCO/C([O-])=C1/Sc2ccccc2NC1=O. The van der Waals surface area contributed by atoms with Crippen molar-refractivity contribution in [2.75, 3.05) is 11.9 Å². The molecule has 0 spiro atoms. The average Bonchev–Trinajstić information content (AvgIpc) is 2.28. The van der Waals surface area contributed by atoms with Gasteiger partial charge in [-0.05, 0) is 18.7 Å². The van der Waals surface area contributed by atoms with Crippen LogP contribution in [0.2, 0.25) is 0 Å². The zero-order valence-electron chi connectivity index (χ0n) is 8.65. The summed E-state index contributed by atoms with van der Waals surface area (Å²) < 4.78 is 4.81. The highest BCUT2D eigenvalue weighted by Gasteiger charge is 2.21. The van der Waals surface area contributed by atoms with Crippen LogP contribution in [0, 0.1) is 0 Å². The average molecular weight is 236 g/mol. The van der Waals surface area contributed by atoms with Crippen LogP contribution in [0.5, 0.6) is 0 Å². The Morgan fingerprint density at radius 2 is 2.25 bits per heavy atom. The Morgan fingerprint density at radius 1 is 1.50 bits per heavy atom. The molecule has 0 unspecified atom stereocenters. The van der Waals surface area contributed by atoms with Gasteiger partial charge in [0, 0.05) is 4.90 Å². The standard InChI is InChI=1S/C11H11NO3S/c1-2-15-11(14)9-10(13)12-7-5-3-4-6-8(7)16-9/h3-6,14H,2H2,1H3,(H,12,13)/p-1/b11-9+. The minimum absolute atomic E-state index is 0.0838. The molecule has 0 aliphatic carbocycles. The molecule has 1 amide bonds. The van der Waals surface area contributed by atoms with Gasteiger partial charge in [-0.3, -0.25) is 4.79 Å². The smallest absolute Gasteiger partial charge is 0.264 e. The quantitative estimate of drug-likeness (QED) is 0.621. The number of nitrogens with one attached hydrogen (secondary N) is 1. The van der Waals surface area contributed by atoms with Crippen LogP contribution in [-0.2, 0) is 9.53 Å². The van der Waals surface area contributed by atoms with E-state index in [0.717, 1.165) is 22.3 Å². The van der Waals surface area contributed by atoms with E-state index >= 15 is 0 Å². The van der Waals surface area contributed by atoms with Crippen LogP contribution in [-0.4, -0.2) is 12.5 Å². The molecule has 1 aromatic carbocycles. The van der Waals surface area contributed by atoms with E-state index in [1.807, 2.05) is 18.2 Å². The van der Waals surface area contributed by atoms with E-state index in [9.17, 15) is 9.90 Å². The molecule has 0 saturated heterocycles. The largest absolute Gasteiger partial charge is 0.613 e. The molecule has 84 valence electrons. The summed E-state index contributed by atoms with van der Waals surface area (Å²) in [6.45, 7) is 1.97. The molecule has 0 aromatic heterocycles. The molecule has 2 rings (SSSR count). The van der Waals surface area contributed by atoms with Gasteiger partial charge in [-0.15, -0.1) is 0 Å². The Kier molecular flexibility index (Phi) is 3.05. The summed E-state index contributed by atoms with van der Waals surface area (Å²) in [5, 5.41) is 14.1. The van der Waals surface area contributed by atoms with Gasteiger partial charge in [-0.2, -0.15) is 0 Å². The third kappa shape index (κ3) is 1.99. The number of benzene rings is 1. The first-order valence-corrected chi connectivity index (χ1v) is 5.66. The molecular weight excluding hydrogens is 226 g/mol. The van der Waals surface area contributed by atoms with Crippen LogP contribution in [0.4, 0.5) is 5.69 Å². The lowest BCUT2D eigenvalue weighted by Crippen LogP contribution is -2.23. The van der Waals surface area contributed by atoms with Crippen molar-refractivity contribution in [2.45, 2.75) is 11.8 Å². The van der Waals surface area contributed by atoms with Crippen molar-refractivity contribution in [1.82, 2.24) is 0 Å². The van der Waals surface area contributed by atoms with E-state index in [0.29, 0.717) is 0 Å². The number of thioether (sulfide) groups is 1. The first kappa shape index (κ1) is 10.9. The van der Waals surface area contributed by atoms with Crippen molar-refractivity contribution < 1.29 is 14.6 Å². The minimum atomic E-state index is -0.570. The lowest BCUT2D eigenvalue weighted by Gasteiger charge is -2.23. The molecule has 0 fully saturated rings. The van der Waals surface area contributed by atoms with Gasteiger partial charge in [0.2, 0.25) is 0 Å². The number of hydrogen-bond acceptors (Lipinski definition) is 4. The molecule has 16 heavy (non-hydrogen) atoms. The van der Waals surface area contributed by atoms with Crippen LogP contribution in [0.15, 0.2) is 40.0 Å². The lowest BCUT2D eigenvalue weighted by atomic mass is 10.3. The monoisotopic (exact) mass is 236 g/mol. The number of hydrogen-bond donors (Lipinski definition) is 1. The van der Waals surface area contributed by atoms with Gasteiger partial charge in [-0.25, -0.2) is 0 Å². The number of carbonyl (C=O) groups is 1. The maximum Gasteiger partial charge on any atom is 0.264 e. The Bertz CT molecular complexity index is 456. The fraction of sp³-hybridized carbons (Fsp3) is 0.182. The Labute approximate surface area is 97.3 Å². The highest BCUT2D eigenvalue weighted by atomic mass is 32.2. The summed E-state index contributed by atoms with van der Waals surface area (Å²) in [6.07, 6.45) is 0. The van der Waals surface area contributed by atoms with Crippen LogP contribution in [0.1, 0.15) is 6.92 Å². The van der Waals surface area contributed by atoms with Crippen molar-refractivity contribution in [3.63, 3.8) is 0 Å². The fourth-order valence-corrected chi connectivity index (χ4v) is 2.21. The minimum Gasteiger partial charge on any atom is -0.613 e. The zero-order chi connectivity index (χ0) is 11.5. The van der Waals surface area contributed by atoms with E-state index in [-0.39, 0.29) is 11.5 Å². The molecule has 0 atom stereocenters. The van der Waals surface area contributed by atoms with E-state index in [1.165, 1.54) is 0 Å².